The van der Waals surface area contributed by atoms with Gasteiger partial charge in [0.1, 0.15) is 0 Å². The number of nitrogens with zero attached hydrogens (tertiary/aromatic N) is 2. The Hall–Kier alpha value is -2.19. The Morgan fingerprint density at radius 3 is 2.68 bits per heavy atom. The smallest absolute Gasteiger partial charge is 0.310 e. The van der Waals surface area contributed by atoms with Gasteiger partial charge in [0.25, 0.3) is 0 Å². The number of methoxy groups -OCH3 is 1. The zero-order valence-corrected chi connectivity index (χ0v) is 15.1. The molecule has 0 bridgehead atoms. The number of hydrogen-bond acceptors (Lipinski definition) is 6. The molecular weight excluding hydrogens is 344 g/mol. The van der Waals surface area contributed by atoms with Gasteiger partial charge in [-0.25, -0.2) is 8.42 Å². The van der Waals surface area contributed by atoms with E-state index in [1.807, 2.05) is 13.8 Å². The van der Waals surface area contributed by atoms with Crippen LogP contribution in [0.3, 0.4) is 0 Å². The molecule has 1 atom stereocenters. The van der Waals surface area contributed by atoms with E-state index in [0.29, 0.717) is 17.7 Å². The average molecular weight is 364 g/mol. The second-order valence-corrected chi connectivity index (χ2v) is 8.48. The number of hydrogen-bond donors (Lipinski definition) is 0. The molecule has 1 saturated heterocycles. The monoisotopic (exact) mass is 364 g/mol. The molecule has 1 unspecified atom stereocenters. The largest absolute Gasteiger partial charge is 0.469 e. The van der Waals surface area contributed by atoms with Crippen molar-refractivity contribution in [3.63, 3.8) is 0 Å². The summed E-state index contributed by atoms with van der Waals surface area (Å²) in [5, 5.41) is 3.65. The lowest BCUT2D eigenvalue weighted by Crippen LogP contribution is -2.42. The van der Waals surface area contributed by atoms with Crippen molar-refractivity contribution < 1.29 is 22.5 Å². The van der Waals surface area contributed by atoms with Crippen LogP contribution in [-0.2, 0) is 19.6 Å². The van der Waals surface area contributed by atoms with Crippen LogP contribution in [0.15, 0.2) is 45.9 Å². The zero-order chi connectivity index (χ0) is 18.2. The summed E-state index contributed by atoms with van der Waals surface area (Å²) in [4.78, 5) is 12.0. The average Bonchev–Trinajstić information content (AvgIpc) is 3.21. The van der Waals surface area contributed by atoms with E-state index < -0.39 is 27.4 Å². The SMILES string of the molecule is COC(=O)C1CN(S(=O)(=O)c2ccccc2-c2ccno2)C(C)(C)C1. The number of carbonyl (C=O) groups is 1. The van der Waals surface area contributed by atoms with Gasteiger partial charge in [0.15, 0.2) is 5.76 Å². The Bertz CT molecular complexity index is 874. The van der Waals surface area contributed by atoms with Gasteiger partial charge in [-0.15, -0.1) is 0 Å². The first-order valence-corrected chi connectivity index (χ1v) is 9.32. The van der Waals surface area contributed by atoms with E-state index in [4.69, 9.17) is 9.26 Å². The maximum absolute atomic E-state index is 13.3. The molecule has 0 spiro atoms. The van der Waals surface area contributed by atoms with Crippen LogP contribution in [0.4, 0.5) is 0 Å². The first-order chi connectivity index (χ1) is 11.8. The summed E-state index contributed by atoms with van der Waals surface area (Å²) in [7, 11) is -2.53. The molecule has 1 aliphatic rings. The summed E-state index contributed by atoms with van der Waals surface area (Å²) in [5.74, 6) is -0.498. The van der Waals surface area contributed by atoms with Crippen molar-refractivity contribution in [2.75, 3.05) is 13.7 Å². The zero-order valence-electron chi connectivity index (χ0n) is 14.3. The molecule has 1 aromatic heterocycles. The highest BCUT2D eigenvalue weighted by Gasteiger charge is 2.48. The highest BCUT2D eigenvalue weighted by atomic mass is 32.2. The molecule has 0 N–H and O–H groups in total. The second-order valence-electron chi connectivity index (χ2n) is 6.65. The Morgan fingerprint density at radius 1 is 1.32 bits per heavy atom. The fourth-order valence-electron chi connectivity index (χ4n) is 3.33. The van der Waals surface area contributed by atoms with Crippen LogP contribution in [0.25, 0.3) is 11.3 Å². The third-order valence-corrected chi connectivity index (χ3v) is 6.64. The summed E-state index contributed by atoms with van der Waals surface area (Å²) < 4.78 is 38.0. The van der Waals surface area contributed by atoms with Gasteiger partial charge in [0.05, 0.1) is 24.1 Å². The van der Waals surface area contributed by atoms with Crippen LogP contribution in [0, 0.1) is 5.92 Å². The summed E-state index contributed by atoms with van der Waals surface area (Å²) in [6.45, 7) is 3.71. The molecule has 8 heteroatoms. The normalized spacial score (nSPS) is 20.5. The van der Waals surface area contributed by atoms with Crippen LogP contribution in [0.2, 0.25) is 0 Å². The van der Waals surface area contributed by atoms with Crippen molar-refractivity contribution in [1.82, 2.24) is 9.46 Å². The molecule has 1 fully saturated rings. The van der Waals surface area contributed by atoms with E-state index in [0.717, 1.165) is 0 Å². The highest BCUT2D eigenvalue weighted by molar-refractivity contribution is 7.89. The summed E-state index contributed by atoms with van der Waals surface area (Å²) >= 11 is 0. The number of benzene rings is 1. The minimum atomic E-state index is -3.84. The third-order valence-electron chi connectivity index (χ3n) is 4.50. The number of ether oxygens (including phenoxy) is 1. The number of carbonyl (C=O) groups excluding carboxylic acids is 1. The van der Waals surface area contributed by atoms with Crippen LogP contribution >= 0.6 is 0 Å². The van der Waals surface area contributed by atoms with Crippen molar-refractivity contribution in [3.8, 4) is 11.3 Å². The second kappa shape index (κ2) is 6.27. The molecule has 25 heavy (non-hydrogen) atoms. The van der Waals surface area contributed by atoms with Crippen molar-refractivity contribution in [1.29, 1.82) is 0 Å². The molecule has 134 valence electrons. The van der Waals surface area contributed by atoms with Crippen LogP contribution < -0.4 is 0 Å². The van der Waals surface area contributed by atoms with E-state index in [-0.39, 0.29) is 11.4 Å². The summed E-state index contributed by atoms with van der Waals surface area (Å²) in [5.41, 5.74) is -0.260. The van der Waals surface area contributed by atoms with Gasteiger partial charge in [-0.05, 0) is 32.4 Å². The van der Waals surface area contributed by atoms with Crippen molar-refractivity contribution >= 4 is 16.0 Å². The fourth-order valence-corrected chi connectivity index (χ4v) is 5.37. The van der Waals surface area contributed by atoms with Crippen LogP contribution in [-0.4, -0.2) is 43.0 Å². The first kappa shape index (κ1) is 17.6. The molecule has 0 saturated carbocycles. The minimum absolute atomic E-state index is 0.0900. The van der Waals surface area contributed by atoms with Gasteiger partial charge < -0.3 is 9.26 Å². The fraction of sp³-hybridized carbons (Fsp3) is 0.412. The maximum Gasteiger partial charge on any atom is 0.310 e. The Kier molecular flexibility index (Phi) is 4.42. The lowest BCUT2D eigenvalue weighted by molar-refractivity contribution is -0.144. The molecule has 7 nitrogen and oxygen atoms in total. The van der Waals surface area contributed by atoms with Gasteiger partial charge in [0, 0.05) is 23.7 Å². The van der Waals surface area contributed by atoms with Crippen molar-refractivity contribution in [3.05, 3.63) is 36.5 Å². The van der Waals surface area contributed by atoms with E-state index in [2.05, 4.69) is 5.16 Å². The third kappa shape index (κ3) is 3.07. The Balaban J connectivity index is 2.05. The first-order valence-electron chi connectivity index (χ1n) is 7.88. The predicted octanol–water partition coefficient (Wildman–Crippen LogP) is 2.30. The van der Waals surface area contributed by atoms with Crippen molar-refractivity contribution in [2.24, 2.45) is 5.92 Å². The lowest BCUT2D eigenvalue weighted by atomic mass is 9.97. The minimum Gasteiger partial charge on any atom is -0.469 e. The molecule has 0 amide bonds. The lowest BCUT2D eigenvalue weighted by Gasteiger charge is -2.30. The Morgan fingerprint density at radius 2 is 2.04 bits per heavy atom. The summed E-state index contributed by atoms with van der Waals surface area (Å²) in [6, 6.07) is 8.22. The van der Waals surface area contributed by atoms with Crippen LogP contribution in [0.5, 0.6) is 0 Å². The number of aromatic nitrogens is 1. The van der Waals surface area contributed by atoms with E-state index in [1.54, 1.807) is 24.3 Å². The van der Waals surface area contributed by atoms with E-state index in [1.165, 1.54) is 23.7 Å². The molecular formula is C17H20N2O5S. The molecule has 2 heterocycles. The van der Waals surface area contributed by atoms with E-state index >= 15 is 0 Å². The highest BCUT2D eigenvalue weighted by Crippen LogP contribution is 2.39. The molecule has 1 aromatic carbocycles. The number of rotatable bonds is 4. The number of esters is 1. The van der Waals surface area contributed by atoms with Gasteiger partial charge in [-0.1, -0.05) is 17.3 Å². The van der Waals surface area contributed by atoms with Gasteiger partial charge >= 0.3 is 5.97 Å². The molecule has 2 aromatic rings. The molecule has 1 aliphatic heterocycles. The van der Waals surface area contributed by atoms with Crippen LogP contribution in [0.1, 0.15) is 20.3 Å². The molecule has 0 aliphatic carbocycles. The summed E-state index contributed by atoms with van der Waals surface area (Å²) in [6.07, 6.45) is 1.87. The molecule has 3 rings (SSSR count). The maximum atomic E-state index is 13.3. The Labute approximate surface area is 146 Å². The van der Waals surface area contributed by atoms with Crippen molar-refractivity contribution in [2.45, 2.75) is 30.7 Å². The van der Waals surface area contributed by atoms with Gasteiger partial charge in [-0.3, -0.25) is 4.79 Å². The predicted molar refractivity (Wildman–Crippen MR) is 90.0 cm³/mol. The van der Waals surface area contributed by atoms with E-state index in [9.17, 15) is 13.2 Å². The standard InChI is InChI=1S/C17H20N2O5S/c1-17(2)10-12(16(20)23-3)11-19(17)25(21,22)15-7-5-4-6-13(15)14-8-9-18-24-14/h4-9,12H,10-11H2,1-3H3. The number of sulfonamides is 1. The van der Waals surface area contributed by atoms with Gasteiger partial charge in [0.2, 0.25) is 10.0 Å². The molecule has 0 radical (unpaired) electrons. The topological polar surface area (TPSA) is 89.7 Å². The van der Waals surface area contributed by atoms with Gasteiger partial charge in [-0.2, -0.15) is 4.31 Å². The quantitative estimate of drug-likeness (QED) is 0.774.